The number of amides is 1. The summed E-state index contributed by atoms with van der Waals surface area (Å²) < 4.78 is 12.0. The van der Waals surface area contributed by atoms with Gasteiger partial charge in [-0.1, -0.05) is 15.9 Å². The molecule has 0 unspecified atom stereocenters. The van der Waals surface area contributed by atoms with E-state index in [4.69, 9.17) is 9.47 Å². The third kappa shape index (κ3) is 6.23. The minimum absolute atomic E-state index is 0.137. The Hall–Kier alpha value is -1.43. The first-order valence-corrected chi connectivity index (χ1v) is 9.13. The van der Waals surface area contributed by atoms with Gasteiger partial charge >= 0.3 is 6.09 Å². The van der Waals surface area contributed by atoms with Gasteiger partial charge in [0.2, 0.25) is 0 Å². The summed E-state index contributed by atoms with van der Waals surface area (Å²) in [5, 5.41) is 6.38. The zero-order chi connectivity index (χ0) is 17.9. The maximum atomic E-state index is 11.7. The first kappa shape index (κ1) is 18.9. The van der Waals surface area contributed by atoms with Gasteiger partial charge in [0.05, 0.1) is 6.10 Å². The molecule has 24 heavy (non-hydrogen) atoms. The largest absolute Gasteiger partial charge is 0.491 e. The number of halogens is 1. The molecule has 1 aromatic rings. The molecule has 2 N–H and O–H groups in total. The molecule has 0 bridgehead atoms. The third-order valence-corrected chi connectivity index (χ3v) is 3.93. The number of carbonyl (C=O) groups excluding carboxylic acids is 1. The van der Waals surface area contributed by atoms with Crippen molar-refractivity contribution in [1.82, 2.24) is 5.32 Å². The standard InChI is InChI=1S/C18H27BrN2O3/c1-11(2)23-16-7-12(19)6-13(10-16)20-14-8-15(9-14)21-17(22)24-18(3,4)5/h6-7,10-11,14-15,20H,8-9H2,1-5H3,(H,21,22). The number of rotatable bonds is 5. The second-order valence-electron chi connectivity index (χ2n) is 7.50. The fraction of sp³-hybridized carbons (Fsp3) is 0.611. The molecule has 0 saturated heterocycles. The van der Waals surface area contributed by atoms with Crippen molar-refractivity contribution < 1.29 is 14.3 Å². The van der Waals surface area contributed by atoms with E-state index in [9.17, 15) is 4.79 Å². The van der Waals surface area contributed by atoms with Crippen LogP contribution in [0.5, 0.6) is 5.75 Å². The summed E-state index contributed by atoms with van der Waals surface area (Å²) in [6.45, 7) is 9.60. The first-order valence-electron chi connectivity index (χ1n) is 8.34. The van der Waals surface area contributed by atoms with Crippen LogP contribution in [-0.2, 0) is 4.74 Å². The molecule has 0 radical (unpaired) electrons. The molecule has 1 fully saturated rings. The molecule has 5 nitrogen and oxygen atoms in total. The van der Waals surface area contributed by atoms with Crippen molar-refractivity contribution in [2.24, 2.45) is 0 Å². The monoisotopic (exact) mass is 398 g/mol. The molecule has 0 spiro atoms. The number of ether oxygens (including phenoxy) is 2. The van der Waals surface area contributed by atoms with E-state index in [2.05, 4.69) is 26.6 Å². The van der Waals surface area contributed by atoms with Crippen LogP contribution in [0.1, 0.15) is 47.5 Å². The van der Waals surface area contributed by atoms with Crippen molar-refractivity contribution in [3.63, 3.8) is 0 Å². The summed E-state index contributed by atoms with van der Waals surface area (Å²) in [5.41, 5.74) is 0.551. The van der Waals surface area contributed by atoms with Crippen molar-refractivity contribution in [2.45, 2.75) is 71.2 Å². The lowest BCUT2D eigenvalue weighted by molar-refractivity contribution is 0.0475. The molecule has 0 aliphatic heterocycles. The van der Waals surface area contributed by atoms with E-state index in [-0.39, 0.29) is 18.2 Å². The highest BCUT2D eigenvalue weighted by atomic mass is 79.9. The molecule has 1 aromatic carbocycles. The fourth-order valence-electron chi connectivity index (χ4n) is 2.55. The van der Waals surface area contributed by atoms with Crippen molar-refractivity contribution in [1.29, 1.82) is 0 Å². The number of alkyl carbamates (subject to hydrolysis) is 1. The Morgan fingerprint density at radius 3 is 2.46 bits per heavy atom. The highest BCUT2D eigenvalue weighted by Gasteiger charge is 2.31. The third-order valence-electron chi connectivity index (χ3n) is 3.47. The average molecular weight is 399 g/mol. The summed E-state index contributed by atoms with van der Waals surface area (Å²) in [7, 11) is 0. The topological polar surface area (TPSA) is 59.6 Å². The lowest BCUT2D eigenvalue weighted by Gasteiger charge is -2.37. The Morgan fingerprint density at radius 2 is 1.88 bits per heavy atom. The predicted octanol–water partition coefficient (Wildman–Crippen LogP) is 4.70. The maximum Gasteiger partial charge on any atom is 0.407 e. The van der Waals surface area contributed by atoms with Crippen LogP contribution in [0.15, 0.2) is 22.7 Å². The van der Waals surface area contributed by atoms with E-state index in [1.54, 1.807) is 0 Å². The minimum atomic E-state index is -0.464. The zero-order valence-electron chi connectivity index (χ0n) is 15.0. The quantitative estimate of drug-likeness (QED) is 0.753. The number of hydrogen-bond acceptors (Lipinski definition) is 4. The van der Waals surface area contributed by atoms with E-state index >= 15 is 0 Å². The van der Waals surface area contributed by atoms with Crippen LogP contribution in [0, 0.1) is 0 Å². The Morgan fingerprint density at radius 1 is 1.21 bits per heavy atom. The second-order valence-corrected chi connectivity index (χ2v) is 8.41. The zero-order valence-corrected chi connectivity index (χ0v) is 16.6. The average Bonchev–Trinajstić information content (AvgIpc) is 2.32. The Kier molecular flexibility index (Phi) is 6.01. The van der Waals surface area contributed by atoms with E-state index in [1.807, 2.05) is 52.8 Å². The molecular formula is C18H27BrN2O3. The van der Waals surface area contributed by atoms with Crippen LogP contribution >= 0.6 is 15.9 Å². The highest BCUT2D eigenvalue weighted by Crippen LogP contribution is 2.29. The fourth-order valence-corrected chi connectivity index (χ4v) is 3.02. The van der Waals surface area contributed by atoms with Crippen molar-refractivity contribution in [3.05, 3.63) is 22.7 Å². The molecular weight excluding hydrogens is 372 g/mol. The number of carbonyl (C=O) groups is 1. The molecule has 0 atom stereocenters. The van der Waals surface area contributed by atoms with Crippen LogP contribution in [0.3, 0.4) is 0 Å². The molecule has 1 saturated carbocycles. The lowest BCUT2D eigenvalue weighted by Crippen LogP contribution is -2.50. The molecule has 0 aromatic heterocycles. The molecule has 1 amide bonds. The van der Waals surface area contributed by atoms with Gasteiger partial charge in [-0.25, -0.2) is 4.79 Å². The van der Waals surface area contributed by atoms with E-state index in [0.717, 1.165) is 28.8 Å². The molecule has 134 valence electrons. The second kappa shape index (κ2) is 7.64. The summed E-state index contributed by atoms with van der Waals surface area (Å²) >= 11 is 3.51. The minimum Gasteiger partial charge on any atom is -0.491 e. The summed E-state index contributed by atoms with van der Waals surface area (Å²) in [4.78, 5) is 11.7. The van der Waals surface area contributed by atoms with Gasteiger partial charge in [-0.2, -0.15) is 0 Å². The van der Waals surface area contributed by atoms with Crippen molar-refractivity contribution in [3.8, 4) is 5.75 Å². The van der Waals surface area contributed by atoms with Gasteiger partial charge in [0, 0.05) is 28.3 Å². The Bertz CT molecular complexity index is 578. The summed E-state index contributed by atoms with van der Waals surface area (Å²) in [6.07, 6.45) is 1.55. The van der Waals surface area contributed by atoms with Crippen LogP contribution in [0.25, 0.3) is 0 Å². The predicted molar refractivity (Wildman–Crippen MR) is 99.7 cm³/mol. The molecule has 6 heteroatoms. The summed E-state index contributed by atoms with van der Waals surface area (Å²) in [6, 6.07) is 6.49. The summed E-state index contributed by atoms with van der Waals surface area (Å²) in [5.74, 6) is 0.838. The van der Waals surface area contributed by atoms with Gasteiger partial charge in [-0.3, -0.25) is 0 Å². The van der Waals surface area contributed by atoms with E-state index in [1.165, 1.54) is 0 Å². The van der Waals surface area contributed by atoms with Crippen LogP contribution < -0.4 is 15.4 Å². The number of benzene rings is 1. The van der Waals surface area contributed by atoms with E-state index < -0.39 is 5.60 Å². The molecule has 1 aliphatic carbocycles. The van der Waals surface area contributed by atoms with Crippen LogP contribution in [0.4, 0.5) is 10.5 Å². The SMILES string of the molecule is CC(C)Oc1cc(Br)cc(NC2CC(NC(=O)OC(C)(C)C)C2)c1. The number of anilines is 1. The maximum absolute atomic E-state index is 11.7. The molecule has 2 rings (SSSR count). The lowest BCUT2D eigenvalue weighted by atomic mass is 9.86. The van der Waals surface area contributed by atoms with E-state index in [0.29, 0.717) is 6.04 Å². The van der Waals surface area contributed by atoms with Crippen molar-refractivity contribution >= 4 is 27.7 Å². The molecule has 1 aliphatic rings. The Labute approximate surface area is 152 Å². The van der Waals surface area contributed by atoms with Crippen LogP contribution in [0.2, 0.25) is 0 Å². The highest BCUT2D eigenvalue weighted by molar-refractivity contribution is 9.10. The van der Waals surface area contributed by atoms with Gasteiger partial charge in [0.15, 0.2) is 0 Å². The Balaban J connectivity index is 1.81. The van der Waals surface area contributed by atoms with Gasteiger partial charge in [-0.15, -0.1) is 0 Å². The van der Waals surface area contributed by atoms with Gasteiger partial charge in [-0.05, 0) is 59.6 Å². The first-order chi connectivity index (χ1) is 11.1. The van der Waals surface area contributed by atoms with Crippen LogP contribution in [-0.4, -0.2) is 29.9 Å². The van der Waals surface area contributed by atoms with Crippen molar-refractivity contribution in [2.75, 3.05) is 5.32 Å². The van der Waals surface area contributed by atoms with Gasteiger partial charge < -0.3 is 20.1 Å². The number of hydrogen-bond donors (Lipinski definition) is 2. The number of nitrogens with one attached hydrogen (secondary N) is 2. The molecule has 0 heterocycles. The van der Waals surface area contributed by atoms with Gasteiger partial charge in [0.25, 0.3) is 0 Å². The van der Waals surface area contributed by atoms with Gasteiger partial charge in [0.1, 0.15) is 11.4 Å². The smallest absolute Gasteiger partial charge is 0.407 e. The normalized spacial score (nSPS) is 20.3.